The van der Waals surface area contributed by atoms with E-state index in [0.717, 1.165) is 25.7 Å². The minimum absolute atomic E-state index is 0.334. The van der Waals surface area contributed by atoms with Crippen molar-refractivity contribution in [2.24, 2.45) is 0 Å². The normalized spacial score (nSPS) is 10.6. The first-order valence-electron chi connectivity index (χ1n) is 10.6. The van der Waals surface area contributed by atoms with Gasteiger partial charge >= 0.3 is 11.9 Å². The van der Waals surface area contributed by atoms with Crippen LogP contribution >= 0.6 is 0 Å². The second-order valence-corrected chi connectivity index (χ2v) is 7.03. The Hall–Kier alpha value is -1.84. The van der Waals surface area contributed by atoms with E-state index in [4.69, 9.17) is 9.47 Å². The van der Waals surface area contributed by atoms with Gasteiger partial charge in [0.05, 0.1) is 24.3 Å². The molecule has 152 valence electrons. The van der Waals surface area contributed by atoms with Crippen molar-refractivity contribution >= 4 is 11.9 Å². The van der Waals surface area contributed by atoms with Gasteiger partial charge in [-0.25, -0.2) is 9.59 Å². The second-order valence-electron chi connectivity index (χ2n) is 7.03. The molecule has 4 heteroatoms. The Labute approximate surface area is 164 Å². The lowest BCUT2D eigenvalue weighted by Crippen LogP contribution is -2.09. The van der Waals surface area contributed by atoms with Gasteiger partial charge in [0.2, 0.25) is 0 Å². The largest absolute Gasteiger partial charge is 0.462 e. The van der Waals surface area contributed by atoms with Gasteiger partial charge in [0.25, 0.3) is 0 Å². The quantitative estimate of drug-likeness (QED) is 0.265. The maximum atomic E-state index is 12.0. The van der Waals surface area contributed by atoms with Crippen LogP contribution in [-0.2, 0) is 9.47 Å². The summed E-state index contributed by atoms with van der Waals surface area (Å²) in [7, 11) is 0. The lowest BCUT2D eigenvalue weighted by atomic mass is 10.1. The highest BCUT2D eigenvalue weighted by Crippen LogP contribution is 2.10. The molecule has 0 aromatic heterocycles. The standard InChI is InChI=1S/C23H36O4/c1-3-5-7-9-11-13-19-27-23(25)21-16-14-20(15-17-21)22(24)26-18-12-10-8-6-4-2/h14-17H,3-13,18-19H2,1-2H3. The van der Waals surface area contributed by atoms with Gasteiger partial charge in [0.15, 0.2) is 0 Å². The third-order valence-electron chi connectivity index (χ3n) is 4.57. The average Bonchev–Trinajstić information content (AvgIpc) is 2.69. The molecule has 4 nitrogen and oxygen atoms in total. The van der Waals surface area contributed by atoms with Gasteiger partial charge in [-0.2, -0.15) is 0 Å². The molecular weight excluding hydrogens is 340 g/mol. The molecule has 0 heterocycles. The molecule has 0 aliphatic rings. The summed E-state index contributed by atoms with van der Waals surface area (Å²) < 4.78 is 10.6. The average molecular weight is 377 g/mol. The van der Waals surface area contributed by atoms with Crippen LogP contribution in [0.25, 0.3) is 0 Å². The van der Waals surface area contributed by atoms with Crippen LogP contribution in [0.3, 0.4) is 0 Å². The zero-order valence-electron chi connectivity index (χ0n) is 17.1. The van der Waals surface area contributed by atoms with Crippen molar-refractivity contribution in [3.63, 3.8) is 0 Å². The van der Waals surface area contributed by atoms with Crippen LogP contribution in [0.4, 0.5) is 0 Å². The molecule has 0 saturated heterocycles. The zero-order valence-corrected chi connectivity index (χ0v) is 17.1. The van der Waals surface area contributed by atoms with Gasteiger partial charge in [0, 0.05) is 0 Å². The fourth-order valence-corrected chi connectivity index (χ4v) is 2.83. The Morgan fingerprint density at radius 1 is 0.593 bits per heavy atom. The number of ether oxygens (including phenoxy) is 2. The van der Waals surface area contributed by atoms with Crippen molar-refractivity contribution in [3.8, 4) is 0 Å². The summed E-state index contributed by atoms with van der Waals surface area (Å²) >= 11 is 0. The van der Waals surface area contributed by atoms with E-state index in [1.54, 1.807) is 24.3 Å². The monoisotopic (exact) mass is 376 g/mol. The predicted octanol–water partition coefficient (Wildman–Crippen LogP) is 6.33. The fourth-order valence-electron chi connectivity index (χ4n) is 2.83. The SMILES string of the molecule is CCCCCCCCOC(=O)c1ccc(C(=O)OCCCCCCC)cc1. The van der Waals surface area contributed by atoms with Gasteiger partial charge < -0.3 is 9.47 Å². The first-order valence-corrected chi connectivity index (χ1v) is 10.6. The minimum atomic E-state index is -0.336. The first kappa shape index (κ1) is 23.2. The summed E-state index contributed by atoms with van der Waals surface area (Å²) in [6, 6.07) is 6.50. The molecule has 27 heavy (non-hydrogen) atoms. The van der Waals surface area contributed by atoms with Crippen LogP contribution in [0, 0.1) is 0 Å². The van der Waals surface area contributed by atoms with Gasteiger partial charge in [-0.3, -0.25) is 0 Å². The highest BCUT2D eigenvalue weighted by molar-refractivity contribution is 5.93. The van der Waals surface area contributed by atoms with Crippen LogP contribution in [0.1, 0.15) is 105 Å². The molecule has 0 aliphatic carbocycles. The summed E-state index contributed by atoms with van der Waals surface area (Å²) in [4.78, 5) is 24.0. The number of unbranched alkanes of at least 4 members (excludes halogenated alkanes) is 9. The Bertz CT molecular complexity index is 522. The summed E-state index contributed by atoms with van der Waals surface area (Å²) in [6.07, 6.45) is 12.5. The third-order valence-corrected chi connectivity index (χ3v) is 4.57. The molecule has 0 saturated carbocycles. The molecule has 0 radical (unpaired) electrons. The topological polar surface area (TPSA) is 52.6 Å². The number of carbonyl (C=O) groups is 2. The lowest BCUT2D eigenvalue weighted by molar-refractivity contribution is 0.0483. The van der Waals surface area contributed by atoms with Crippen molar-refractivity contribution in [1.82, 2.24) is 0 Å². The van der Waals surface area contributed by atoms with E-state index >= 15 is 0 Å². The summed E-state index contributed by atoms with van der Waals surface area (Å²) in [5.41, 5.74) is 0.938. The molecule has 1 rings (SSSR count). The van der Waals surface area contributed by atoms with E-state index in [0.29, 0.717) is 24.3 Å². The molecule has 1 aromatic carbocycles. The molecule has 0 bridgehead atoms. The molecule has 0 aliphatic heterocycles. The second kappa shape index (κ2) is 15.2. The maximum absolute atomic E-state index is 12.0. The van der Waals surface area contributed by atoms with Gasteiger partial charge in [-0.1, -0.05) is 71.6 Å². The Morgan fingerprint density at radius 3 is 1.30 bits per heavy atom. The van der Waals surface area contributed by atoms with Gasteiger partial charge in [-0.05, 0) is 37.1 Å². The number of hydrogen-bond acceptors (Lipinski definition) is 4. The van der Waals surface area contributed by atoms with Gasteiger partial charge in [0.1, 0.15) is 0 Å². The lowest BCUT2D eigenvalue weighted by Gasteiger charge is -2.07. The zero-order chi connectivity index (χ0) is 19.7. The van der Waals surface area contributed by atoms with Crippen LogP contribution in [-0.4, -0.2) is 25.2 Å². The van der Waals surface area contributed by atoms with Gasteiger partial charge in [-0.15, -0.1) is 0 Å². The van der Waals surface area contributed by atoms with Crippen LogP contribution in [0.5, 0.6) is 0 Å². The number of carbonyl (C=O) groups excluding carboxylic acids is 2. The molecule has 0 spiro atoms. The summed E-state index contributed by atoms with van der Waals surface area (Å²) in [6.45, 7) is 5.27. The number of esters is 2. The van der Waals surface area contributed by atoms with E-state index in [-0.39, 0.29) is 11.9 Å². The van der Waals surface area contributed by atoms with Crippen molar-refractivity contribution in [3.05, 3.63) is 35.4 Å². The minimum Gasteiger partial charge on any atom is -0.462 e. The van der Waals surface area contributed by atoms with Crippen molar-refractivity contribution in [1.29, 1.82) is 0 Å². The molecule has 0 atom stereocenters. The van der Waals surface area contributed by atoms with E-state index < -0.39 is 0 Å². The van der Waals surface area contributed by atoms with E-state index in [1.165, 1.54) is 44.9 Å². The highest BCUT2D eigenvalue weighted by Gasteiger charge is 2.10. The predicted molar refractivity (Wildman–Crippen MR) is 109 cm³/mol. The summed E-state index contributed by atoms with van der Waals surface area (Å²) in [5.74, 6) is -0.670. The number of hydrogen-bond donors (Lipinski definition) is 0. The van der Waals surface area contributed by atoms with Crippen molar-refractivity contribution in [2.75, 3.05) is 13.2 Å². The van der Waals surface area contributed by atoms with Crippen LogP contribution in [0.15, 0.2) is 24.3 Å². The van der Waals surface area contributed by atoms with Crippen LogP contribution in [0.2, 0.25) is 0 Å². The number of benzene rings is 1. The van der Waals surface area contributed by atoms with E-state index in [9.17, 15) is 9.59 Å². The van der Waals surface area contributed by atoms with Crippen LogP contribution < -0.4 is 0 Å². The molecular formula is C23H36O4. The Balaban J connectivity index is 2.23. The fraction of sp³-hybridized carbons (Fsp3) is 0.652. The smallest absolute Gasteiger partial charge is 0.338 e. The van der Waals surface area contributed by atoms with E-state index in [2.05, 4.69) is 13.8 Å². The Kier molecular flexibility index (Phi) is 13.1. The third kappa shape index (κ3) is 10.8. The number of rotatable bonds is 15. The van der Waals surface area contributed by atoms with Crippen molar-refractivity contribution in [2.45, 2.75) is 84.5 Å². The molecule has 0 amide bonds. The van der Waals surface area contributed by atoms with Crippen molar-refractivity contribution < 1.29 is 19.1 Å². The highest BCUT2D eigenvalue weighted by atomic mass is 16.5. The molecule has 1 aromatic rings. The van der Waals surface area contributed by atoms with E-state index in [1.807, 2.05) is 0 Å². The molecule has 0 N–H and O–H groups in total. The maximum Gasteiger partial charge on any atom is 0.338 e. The summed E-state index contributed by atoms with van der Waals surface area (Å²) in [5, 5.41) is 0. The molecule has 0 fully saturated rings. The first-order chi connectivity index (χ1) is 13.2. The molecule has 0 unspecified atom stereocenters. The Morgan fingerprint density at radius 2 is 0.926 bits per heavy atom.